The third kappa shape index (κ3) is 1.85. The van der Waals surface area contributed by atoms with E-state index in [0.717, 1.165) is 17.5 Å². The Hall–Kier alpha value is -1.65. The maximum absolute atomic E-state index is 5.86. The van der Waals surface area contributed by atoms with Crippen molar-refractivity contribution >= 4 is 16.9 Å². The molecule has 0 amide bonds. The Morgan fingerprint density at radius 2 is 2.25 bits per heavy atom. The van der Waals surface area contributed by atoms with Crippen LogP contribution >= 0.6 is 0 Å². The Labute approximate surface area is 94.5 Å². The summed E-state index contributed by atoms with van der Waals surface area (Å²) in [7, 11) is 0. The molecule has 2 heterocycles. The van der Waals surface area contributed by atoms with Gasteiger partial charge in [0.2, 0.25) is 0 Å². The molecule has 0 aliphatic rings. The zero-order valence-electron chi connectivity index (χ0n) is 9.70. The second kappa shape index (κ2) is 4.47. The molecule has 1 atom stereocenters. The monoisotopic (exact) mass is 219 g/mol. The van der Waals surface area contributed by atoms with E-state index in [9.17, 15) is 0 Å². The predicted molar refractivity (Wildman–Crippen MR) is 64.0 cm³/mol. The van der Waals surface area contributed by atoms with Crippen molar-refractivity contribution in [1.29, 1.82) is 0 Å². The Balaban J connectivity index is 2.37. The highest BCUT2D eigenvalue weighted by atomic mass is 15.2. The van der Waals surface area contributed by atoms with Gasteiger partial charge in [-0.1, -0.05) is 26.7 Å². The number of aromatic nitrogens is 4. The second-order valence-electron chi connectivity index (χ2n) is 4.14. The molecule has 0 bridgehead atoms. The smallest absolute Gasteiger partial charge is 0.186 e. The molecule has 5 nitrogen and oxygen atoms in total. The maximum Gasteiger partial charge on any atom is 0.186 e. The summed E-state index contributed by atoms with van der Waals surface area (Å²) in [5.41, 5.74) is 7.57. The fourth-order valence-corrected chi connectivity index (χ4v) is 1.91. The van der Waals surface area contributed by atoms with Crippen molar-refractivity contribution in [2.75, 3.05) is 5.73 Å². The Morgan fingerprint density at radius 3 is 3.00 bits per heavy atom. The molecule has 0 radical (unpaired) electrons. The Bertz CT molecular complexity index is 476. The fraction of sp³-hybridized carbons (Fsp3) is 0.545. The van der Waals surface area contributed by atoms with Gasteiger partial charge in [0.25, 0.3) is 0 Å². The molecule has 16 heavy (non-hydrogen) atoms. The Kier molecular flexibility index (Phi) is 3.03. The van der Waals surface area contributed by atoms with E-state index in [-0.39, 0.29) is 0 Å². The predicted octanol–water partition coefficient (Wildman–Crippen LogP) is 2.23. The molecule has 86 valence electrons. The summed E-state index contributed by atoms with van der Waals surface area (Å²) in [5, 5.41) is 8.06. The third-order valence-electron chi connectivity index (χ3n) is 2.89. The molecular formula is C11H17N5. The van der Waals surface area contributed by atoms with Crippen molar-refractivity contribution < 1.29 is 0 Å². The van der Waals surface area contributed by atoms with Gasteiger partial charge in [-0.3, -0.25) is 5.10 Å². The van der Waals surface area contributed by atoms with Gasteiger partial charge < -0.3 is 5.73 Å². The van der Waals surface area contributed by atoms with Gasteiger partial charge in [-0.15, -0.1) is 0 Å². The van der Waals surface area contributed by atoms with Gasteiger partial charge in [0.15, 0.2) is 5.65 Å². The van der Waals surface area contributed by atoms with E-state index in [4.69, 9.17) is 5.73 Å². The molecule has 0 unspecified atom stereocenters. The van der Waals surface area contributed by atoms with Gasteiger partial charge in [-0.25, -0.2) is 9.97 Å². The first-order chi connectivity index (χ1) is 7.74. The number of nitrogens with one attached hydrogen (secondary N) is 1. The van der Waals surface area contributed by atoms with Crippen LogP contribution in [0.25, 0.3) is 11.0 Å². The van der Waals surface area contributed by atoms with Gasteiger partial charge in [0, 0.05) is 0 Å². The van der Waals surface area contributed by atoms with Crippen molar-refractivity contribution in [2.24, 2.45) is 0 Å². The zero-order valence-corrected chi connectivity index (χ0v) is 9.70. The normalized spacial score (nSPS) is 13.1. The number of aromatic amines is 1. The lowest BCUT2D eigenvalue weighted by atomic mass is 9.99. The quantitative estimate of drug-likeness (QED) is 0.826. The van der Waals surface area contributed by atoms with Crippen molar-refractivity contribution in [3.8, 4) is 0 Å². The highest BCUT2D eigenvalue weighted by molar-refractivity contribution is 5.87. The number of nitrogens with two attached hydrogens (primary N) is 1. The summed E-state index contributed by atoms with van der Waals surface area (Å²) in [6.07, 6.45) is 4.97. The van der Waals surface area contributed by atoms with Crippen LogP contribution in [0.2, 0.25) is 0 Å². The van der Waals surface area contributed by atoms with Gasteiger partial charge in [0.05, 0.1) is 11.1 Å². The SMILES string of the molecule is CCCC[C@@H](C)c1[nH]nc2ncnc(N)c12. The summed E-state index contributed by atoms with van der Waals surface area (Å²) in [6.45, 7) is 4.37. The van der Waals surface area contributed by atoms with Gasteiger partial charge in [-0.2, -0.15) is 5.10 Å². The van der Waals surface area contributed by atoms with Crippen LogP contribution in [-0.4, -0.2) is 20.2 Å². The molecule has 0 spiro atoms. The summed E-state index contributed by atoms with van der Waals surface area (Å²) in [4.78, 5) is 8.10. The highest BCUT2D eigenvalue weighted by Crippen LogP contribution is 2.28. The average molecular weight is 219 g/mol. The number of fused-ring (bicyclic) bond motifs is 1. The minimum absolute atomic E-state index is 0.415. The number of anilines is 1. The number of unbranched alkanes of at least 4 members (excludes halogenated alkanes) is 1. The summed E-state index contributed by atoms with van der Waals surface area (Å²) in [6, 6.07) is 0. The first kappa shape index (κ1) is 10.9. The number of nitrogens with zero attached hydrogens (tertiary/aromatic N) is 3. The molecule has 3 N–H and O–H groups in total. The van der Waals surface area contributed by atoms with Gasteiger partial charge in [-0.05, 0) is 12.3 Å². The molecule has 2 aromatic heterocycles. The second-order valence-corrected chi connectivity index (χ2v) is 4.14. The minimum Gasteiger partial charge on any atom is -0.383 e. The number of hydrogen-bond acceptors (Lipinski definition) is 4. The van der Waals surface area contributed by atoms with Crippen LogP contribution in [0.3, 0.4) is 0 Å². The van der Waals surface area contributed by atoms with Crippen molar-refractivity contribution in [2.45, 2.75) is 39.0 Å². The number of H-pyrrole nitrogens is 1. The largest absolute Gasteiger partial charge is 0.383 e. The first-order valence-electron chi connectivity index (χ1n) is 5.68. The van der Waals surface area contributed by atoms with Crippen LogP contribution in [-0.2, 0) is 0 Å². The molecular weight excluding hydrogens is 202 g/mol. The van der Waals surface area contributed by atoms with Gasteiger partial charge in [0.1, 0.15) is 12.1 Å². The van der Waals surface area contributed by atoms with E-state index in [1.54, 1.807) is 0 Å². The topological polar surface area (TPSA) is 80.5 Å². The average Bonchev–Trinajstić information content (AvgIpc) is 2.71. The lowest BCUT2D eigenvalue weighted by Gasteiger charge is -2.09. The van der Waals surface area contributed by atoms with Crippen LogP contribution in [0.4, 0.5) is 5.82 Å². The number of hydrogen-bond donors (Lipinski definition) is 2. The van der Waals surface area contributed by atoms with Crippen LogP contribution in [0.15, 0.2) is 6.33 Å². The van der Waals surface area contributed by atoms with E-state index in [1.807, 2.05) is 0 Å². The lowest BCUT2D eigenvalue weighted by Crippen LogP contribution is -1.98. The molecule has 0 fully saturated rings. The lowest BCUT2D eigenvalue weighted by molar-refractivity contribution is 0.612. The molecule has 5 heteroatoms. The molecule has 0 aliphatic heterocycles. The van der Waals surface area contributed by atoms with Crippen LogP contribution in [0, 0.1) is 0 Å². The van der Waals surface area contributed by atoms with E-state index < -0.39 is 0 Å². The van der Waals surface area contributed by atoms with Crippen LogP contribution in [0.5, 0.6) is 0 Å². The van der Waals surface area contributed by atoms with Gasteiger partial charge >= 0.3 is 0 Å². The molecule has 0 aliphatic carbocycles. The molecule has 2 rings (SSSR count). The van der Waals surface area contributed by atoms with Crippen molar-refractivity contribution in [1.82, 2.24) is 20.2 Å². The molecule has 0 saturated carbocycles. The third-order valence-corrected chi connectivity index (χ3v) is 2.89. The van der Waals surface area contributed by atoms with E-state index in [0.29, 0.717) is 17.4 Å². The van der Waals surface area contributed by atoms with Crippen LogP contribution in [0.1, 0.15) is 44.7 Å². The highest BCUT2D eigenvalue weighted by Gasteiger charge is 2.15. The van der Waals surface area contributed by atoms with Crippen LogP contribution < -0.4 is 5.73 Å². The Morgan fingerprint density at radius 1 is 1.44 bits per heavy atom. The minimum atomic E-state index is 0.415. The molecule has 2 aromatic rings. The van der Waals surface area contributed by atoms with E-state index in [1.165, 1.54) is 19.2 Å². The number of rotatable bonds is 4. The fourth-order valence-electron chi connectivity index (χ4n) is 1.91. The van der Waals surface area contributed by atoms with Crippen molar-refractivity contribution in [3.63, 3.8) is 0 Å². The van der Waals surface area contributed by atoms with E-state index in [2.05, 4.69) is 34.0 Å². The molecule has 0 saturated heterocycles. The van der Waals surface area contributed by atoms with Crippen molar-refractivity contribution in [3.05, 3.63) is 12.0 Å². The first-order valence-corrected chi connectivity index (χ1v) is 5.68. The summed E-state index contributed by atoms with van der Waals surface area (Å²) < 4.78 is 0. The summed E-state index contributed by atoms with van der Waals surface area (Å²) in [5.74, 6) is 0.926. The standard InChI is InChI=1S/C11H17N5/c1-3-4-5-7(2)9-8-10(12)13-6-14-11(8)16-15-9/h6-7H,3-5H2,1-2H3,(H3,12,13,14,15,16)/t7-/m1/s1. The maximum atomic E-state index is 5.86. The van der Waals surface area contributed by atoms with E-state index >= 15 is 0 Å². The summed E-state index contributed by atoms with van der Waals surface area (Å²) >= 11 is 0. The zero-order chi connectivity index (χ0) is 11.5. The molecule has 0 aromatic carbocycles. The number of nitrogen functional groups attached to an aromatic ring is 1.